The molecule has 7 aromatic rings. The molecule has 256 valence electrons. The van der Waals surface area contributed by atoms with Crippen LogP contribution in [0.15, 0.2) is 152 Å². The summed E-state index contributed by atoms with van der Waals surface area (Å²) in [6, 6.07) is 48.5. The van der Waals surface area contributed by atoms with Crippen molar-refractivity contribution >= 4 is 17.2 Å². The van der Waals surface area contributed by atoms with E-state index in [1.807, 2.05) is 104 Å². The molecule has 4 nitrogen and oxygen atoms in total. The third-order valence-electron chi connectivity index (χ3n) is 8.80. The normalized spacial score (nSPS) is 14.1. The number of nitrogens with zero attached hydrogens (tertiary/aromatic N) is 3. The third-order valence-corrected chi connectivity index (χ3v) is 8.80. The van der Waals surface area contributed by atoms with Gasteiger partial charge >= 0.3 is 0 Å². The first-order valence-electron chi connectivity index (χ1n) is 19.1. The summed E-state index contributed by atoms with van der Waals surface area (Å²) in [6.07, 6.45) is 1.79. The molecular weight excluding hydrogens is 806 g/mol. The minimum Gasteiger partial charge on any atom is -0.507 e. The first-order valence-corrected chi connectivity index (χ1v) is 16.6. The number of rotatable bonds is 9. The second-order valence-corrected chi connectivity index (χ2v) is 12.5. The zero-order chi connectivity index (χ0) is 39.0. The Labute approximate surface area is 322 Å². The summed E-state index contributed by atoms with van der Waals surface area (Å²) in [5, 5.41) is 11.0. The van der Waals surface area contributed by atoms with Gasteiger partial charge in [-0.1, -0.05) is 117 Å². The van der Waals surface area contributed by atoms with Gasteiger partial charge in [0.2, 0.25) is 0 Å². The SMILES string of the molecule is [2H]C([2H])([2H])c1ccc(C([2H])(C)c2cc(-c3[c-]c(N(c4ccccc4)c4cc(-c5ccccc5)ccn4)cc(C([2H])(C)C)c3)nc(-c3ccccc3O)c2)cc1.[Pt]. The summed E-state index contributed by atoms with van der Waals surface area (Å²) in [4.78, 5) is 11.9. The Morgan fingerprint density at radius 3 is 2.08 bits per heavy atom. The molecule has 2 aromatic heterocycles. The number of phenols is 1. The molecule has 2 heterocycles. The number of para-hydroxylation sites is 2. The van der Waals surface area contributed by atoms with Gasteiger partial charge in [-0.05, 0) is 88.8 Å². The van der Waals surface area contributed by atoms with Crippen molar-refractivity contribution in [2.75, 3.05) is 4.90 Å². The van der Waals surface area contributed by atoms with Gasteiger partial charge in [-0.15, -0.1) is 29.3 Å². The zero-order valence-corrected chi connectivity index (χ0v) is 30.8. The van der Waals surface area contributed by atoms with Gasteiger partial charge in [-0.2, -0.15) is 0 Å². The molecule has 1 N–H and O–H groups in total. The van der Waals surface area contributed by atoms with Gasteiger partial charge < -0.3 is 10.0 Å². The summed E-state index contributed by atoms with van der Waals surface area (Å²) >= 11 is 0. The number of pyridine rings is 2. The van der Waals surface area contributed by atoms with Crippen LogP contribution >= 0.6 is 0 Å². The maximum absolute atomic E-state index is 11.0. The van der Waals surface area contributed by atoms with Crippen LogP contribution < -0.4 is 4.90 Å². The van der Waals surface area contributed by atoms with Crippen molar-refractivity contribution < 1.29 is 33.0 Å². The van der Waals surface area contributed by atoms with Crippen LogP contribution in [0, 0.1) is 12.9 Å². The summed E-state index contributed by atoms with van der Waals surface area (Å²) in [5.41, 5.74) is 7.60. The van der Waals surface area contributed by atoms with Crippen LogP contribution in [-0.2, 0) is 21.1 Å². The predicted molar refractivity (Wildman–Crippen MR) is 206 cm³/mol. The molecule has 1 atom stereocenters. The minimum absolute atomic E-state index is 0. The topological polar surface area (TPSA) is 49.2 Å². The minimum atomic E-state index is -2.27. The summed E-state index contributed by atoms with van der Waals surface area (Å²) in [6.45, 7) is 3.15. The molecule has 0 saturated carbocycles. The van der Waals surface area contributed by atoms with Crippen LogP contribution in [0.4, 0.5) is 17.2 Å². The van der Waals surface area contributed by atoms with E-state index < -0.39 is 18.6 Å². The van der Waals surface area contributed by atoms with Gasteiger partial charge in [0, 0.05) is 51.3 Å². The molecule has 0 spiro atoms. The number of aryl methyl sites for hydroxylation is 1. The molecule has 0 aliphatic heterocycles. The Balaban J connectivity index is 0.00000532. The van der Waals surface area contributed by atoms with Crippen LogP contribution in [0.3, 0.4) is 0 Å². The van der Waals surface area contributed by atoms with E-state index in [0.717, 1.165) is 16.8 Å². The fraction of sp³-hybridized carbons (Fsp3) is 0.130. The van der Waals surface area contributed by atoms with E-state index in [1.165, 1.54) is 0 Å². The van der Waals surface area contributed by atoms with Gasteiger partial charge in [0.05, 0.1) is 5.69 Å². The van der Waals surface area contributed by atoms with Crippen molar-refractivity contribution in [3.8, 4) is 39.4 Å². The maximum atomic E-state index is 11.0. The largest absolute Gasteiger partial charge is 0.507 e. The number of phenolic OH excluding ortho intramolecular Hbond substituents is 1. The average Bonchev–Trinajstić information content (AvgIpc) is 3.18. The van der Waals surface area contributed by atoms with E-state index in [-0.39, 0.29) is 32.4 Å². The summed E-state index contributed by atoms with van der Waals surface area (Å²) in [5.74, 6) is -1.67. The Morgan fingerprint density at radius 1 is 0.686 bits per heavy atom. The molecular formula is C46H40N3OPt-. The van der Waals surface area contributed by atoms with Crippen LogP contribution in [0.2, 0.25) is 0 Å². The number of aromatic hydroxyl groups is 1. The van der Waals surface area contributed by atoms with Crippen molar-refractivity contribution in [2.24, 2.45) is 0 Å². The molecule has 5 heteroatoms. The van der Waals surface area contributed by atoms with Crippen LogP contribution in [0.1, 0.15) is 61.7 Å². The molecule has 0 bridgehead atoms. The Bertz CT molecular complexity index is 2450. The molecule has 0 radical (unpaired) electrons. The van der Waals surface area contributed by atoms with Gasteiger partial charge in [-0.3, -0.25) is 4.98 Å². The Morgan fingerprint density at radius 2 is 1.37 bits per heavy atom. The maximum Gasteiger partial charge on any atom is 0.136 e. The quantitative estimate of drug-likeness (QED) is 0.147. The molecule has 5 aromatic carbocycles. The standard InChI is InChI=1S/C46H40N3O.Pt/c1-31(2)37-25-39(43-28-38(33(4)34-21-19-32(3)20-22-34)29-44(48-43)42-17-11-12-18-45(42)50)27-41(26-37)49(40-15-9-6-10-16-40)46-30-36(23-24-47-46)35-13-7-5-8-14-35;/h5-26,28-31,33,50H,1-4H3;/q-1;/i3D3,31D,33D;. The first kappa shape index (κ1) is 29.4. The van der Waals surface area contributed by atoms with Gasteiger partial charge in [-0.25, -0.2) is 4.98 Å². The second-order valence-electron chi connectivity index (χ2n) is 12.5. The molecule has 1 unspecified atom stereocenters. The molecule has 0 aliphatic carbocycles. The van der Waals surface area contributed by atoms with Crippen molar-refractivity contribution in [2.45, 2.75) is 39.4 Å². The Kier molecular flexibility index (Phi) is 9.06. The number of hydrogen-bond acceptors (Lipinski definition) is 4. The number of hydrogen-bond donors (Lipinski definition) is 1. The van der Waals surface area contributed by atoms with E-state index >= 15 is 0 Å². The molecule has 0 amide bonds. The summed E-state index contributed by atoms with van der Waals surface area (Å²) in [7, 11) is 0. The fourth-order valence-electron chi connectivity index (χ4n) is 6.02. The van der Waals surface area contributed by atoms with E-state index in [9.17, 15) is 7.85 Å². The van der Waals surface area contributed by atoms with Gasteiger partial charge in [0.1, 0.15) is 11.6 Å². The van der Waals surface area contributed by atoms with Crippen molar-refractivity contribution in [3.05, 3.63) is 180 Å². The van der Waals surface area contributed by atoms with Crippen molar-refractivity contribution in [3.63, 3.8) is 0 Å². The summed E-state index contributed by atoms with van der Waals surface area (Å²) < 4.78 is 42.3. The van der Waals surface area contributed by atoms with E-state index in [0.29, 0.717) is 50.7 Å². The van der Waals surface area contributed by atoms with Crippen molar-refractivity contribution in [1.29, 1.82) is 0 Å². The predicted octanol–water partition coefficient (Wildman–Crippen LogP) is 12.0. The van der Waals surface area contributed by atoms with Crippen LogP contribution in [0.25, 0.3) is 33.6 Å². The first-order chi connectivity index (χ1) is 26.2. The van der Waals surface area contributed by atoms with Crippen LogP contribution in [-0.4, -0.2) is 15.1 Å². The van der Waals surface area contributed by atoms with E-state index in [4.69, 9.17) is 14.1 Å². The molecule has 7 rings (SSSR count). The van der Waals surface area contributed by atoms with Crippen LogP contribution in [0.5, 0.6) is 5.75 Å². The number of anilines is 3. The number of benzene rings is 5. The average molecular weight is 851 g/mol. The molecule has 0 aliphatic rings. The monoisotopic (exact) mass is 850 g/mol. The molecule has 0 saturated heterocycles. The third kappa shape index (κ3) is 7.88. The zero-order valence-electron chi connectivity index (χ0n) is 33.5. The van der Waals surface area contributed by atoms with Crippen molar-refractivity contribution in [1.82, 2.24) is 9.97 Å². The van der Waals surface area contributed by atoms with Gasteiger partial charge in [0.25, 0.3) is 0 Å². The Hall–Kier alpha value is -5.31. The smallest absolute Gasteiger partial charge is 0.136 e. The fourth-order valence-corrected chi connectivity index (χ4v) is 6.02. The van der Waals surface area contributed by atoms with E-state index in [1.54, 1.807) is 61.7 Å². The van der Waals surface area contributed by atoms with E-state index in [2.05, 4.69) is 18.2 Å². The molecule has 0 fully saturated rings. The molecule has 51 heavy (non-hydrogen) atoms. The second kappa shape index (κ2) is 15.7. The number of aromatic nitrogens is 2. The van der Waals surface area contributed by atoms with Gasteiger partial charge in [0.15, 0.2) is 0 Å².